The Hall–Kier alpha value is -1.12. The van der Waals surface area contributed by atoms with Gasteiger partial charge in [-0.2, -0.15) is 0 Å². The molecule has 0 aliphatic carbocycles. The van der Waals surface area contributed by atoms with Gasteiger partial charge in [0.15, 0.2) is 0 Å². The first-order valence-electron chi connectivity index (χ1n) is 5.87. The number of halogens is 1. The fourth-order valence-corrected chi connectivity index (χ4v) is 2.55. The molecule has 0 fully saturated rings. The number of alkyl halides is 1. The molecular formula is C15H15ClOS. The van der Waals surface area contributed by atoms with Crippen LogP contribution in [0.2, 0.25) is 0 Å². The molecule has 2 aromatic carbocycles. The molecule has 0 saturated carbocycles. The average molecular weight is 279 g/mol. The van der Waals surface area contributed by atoms with Gasteiger partial charge in [-0.3, -0.25) is 0 Å². The summed E-state index contributed by atoms with van der Waals surface area (Å²) in [4.78, 5) is 2.42. The third-order valence-corrected chi connectivity index (χ3v) is 3.77. The molecule has 0 aliphatic rings. The Labute approximate surface area is 117 Å². The maximum atomic E-state index is 5.77. The molecule has 0 radical (unpaired) electrons. The monoisotopic (exact) mass is 278 g/mol. The van der Waals surface area contributed by atoms with E-state index >= 15 is 0 Å². The molecule has 2 aromatic rings. The van der Waals surface area contributed by atoms with Gasteiger partial charge in [-0.05, 0) is 48.9 Å². The summed E-state index contributed by atoms with van der Waals surface area (Å²) in [5.74, 6) is 1.48. The van der Waals surface area contributed by atoms with Crippen molar-refractivity contribution in [1.82, 2.24) is 0 Å². The quantitative estimate of drug-likeness (QED) is 0.714. The molecule has 2 rings (SSSR count). The van der Waals surface area contributed by atoms with E-state index in [0.29, 0.717) is 12.5 Å². The lowest BCUT2D eigenvalue weighted by Crippen LogP contribution is -1.90. The maximum absolute atomic E-state index is 5.77. The van der Waals surface area contributed by atoms with E-state index in [9.17, 15) is 0 Å². The summed E-state index contributed by atoms with van der Waals surface area (Å²) in [5.41, 5.74) is 1.15. The van der Waals surface area contributed by atoms with Crippen molar-refractivity contribution in [3.63, 3.8) is 0 Å². The Morgan fingerprint density at radius 2 is 1.50 bits per heavy atom. The van der Waals surface area contributed by atoms with Crippen LogP contribution in [-0.4, -0.2) is 6.61 Å². The lowest BCUT2D eigenvalue weighted by Gasteiger charge is -2.05. The molecule has 0 unspecified atom stereocenters. The highest BCUT2D eigenvalue weighted by molar-refractivity contribution is 7.99. The van der Waals surface area contributed by atoms with Gasteiger partial charge < -0.3 is 4.74 Å². The number of rotatable bonds is 5. The van der Waals surface area contributed by atoms with Gasteiger partial charge >= 0.3 is 0 Å². The van der Waals surface area contributed by atoms with Gasteiger partial charge in [0.05, 0.1) is 6.61 Å². The van der Waals surface area contributed by atoms with Crippen molar-refractivity contribution in [2.75, 3.05) is 6.61 Å². The Kier molecular flexibility index (Phi) is 4.97. The van der Waals surface area contributed by atoms with Crippen LogP contribution in [0.3, 0.4) is 0 Å². The molecule has 0 saturated heterocycles. The van der Waals surface area contributed by atoms with Crippen molar-refractivity contribution in [3.05, 3.63) is 54.1 Å². The fraction of sp³-hybridized carbons (Fsp3) is 0.200. The molecule has 0 spiro atoms. The first-order valence-corrected chi connectivity index (χ1v) is 7.22. The van der Waals surface area contributed by atoms with E-state index in [4.69, 9.17) is 16.3 Å². The van der Waals surface area contributed by atoms with Crippen LogP contribution in [0.5, 0.6) is 5.75 Å². The van der Waals surface area contributed by atoms with E-state index < -0.39 is 0 Å². The predicted molar refractivity (Wildman–Crippen MR) is 77.7 cm³/mol. The Morgan fingerprint density at radius 1 is 0.944 bits per heavy atom. The van der Waals surface area contributed by atoms with Gasteiger partial charge in [0.25, 0.3) is 0 Å². The Morgan fingerprint density at radius 3 is 2.00 bits per heavy atom. The molecule has 0 heterocycles. The van der Waals surface area contributed by atoms with Crippen molar-refractivity contribution in [1.29, 1.82) is 0 Å². The summed E-state index contributed by atoms with van der Waals surface area (Å²) in [6.07, 6.45) is 0. The fourth-order valence-electron chi connectivity index (χ4n) is 1.55. The number of hydrogen-bond donors (Lipinski definition) is 0. The van der Waals surface area contributed by atoms with Crippen molar-refractivity contribution in [2.24, 2.45) is 0 Å². The van der Waals surface area contributed by atoms with Crippen LogP contribution < -0.4 is 4.74 Å². The van der Waals surface area contributed by atoms with Crippen LogP contribution in [0.25, 0.3) is 0 Å². The SMILES string of the molecule is CCOc1ccc(Sc2ccc(CCl)cc2)cc1. The van der Waals surface area contributed by atoms with Crippen LogP contribution in [0.15, 0.2) is 58.3 Å². The summed E-state index contributed by atoms with van der Waals surface area (Å²) in [5, 5.41) is 0. The van der Waals surface area contributed by atoms with Crippen LogP contribution in [0.4, 0.5) is 0 Å². The number of benzene rings is 2. The van der Waals surface area contributed by atoms with Crippen LogP contribution in [0, 0.1) is 0 Å². The van der Waals surface area contributed by atoms with Crippen molar-refractivity contribution < 1.29 is 4.74 Å². The van der Waals surface area contributed by atoms with Gasteiger partial charge in [0.1, 0.15) is 5.75 Å². The van der Waals surface area contributed by atoms with Crippen molar-refractivity contribution in [2.45, 2.75) is 22.6 Å². The lowest BCUT2D eigenvalue weighted by atomic mass is 10.2. The maximum Gasteiger partial charge on any atom is 0.119 e. The summed E-state index contributed by atoms with van der Waals surface area (Å²) in [7, 11) is 0. The lowest BCUT2D eigenvalue weighted by molar-refractivity contribution is 0.340. The number of ether oxygens (including phenoxy) is 1. The number of hydrogen-bond acceptors (Lipinski definition) is 2. The topological polar surface area (TPSA) is 9.23 Å². The third kappa shape index (κ3) is 3.69. The predicted octanol–water partition coefficient (Wildman–Crippen LogP) is 4.98. The zero-order chi connectivity index (χ0) is 12.8. The zero-order valence-corrected chi connectivity index (χ0v) is 11.8. The Bertz CT molecular complexity index is 479. The van der Waals surface area contributed by atoms with E-state index in [-0.39, 0.29) is 0 Å². The molecule has 94 valence electrons. The van der Waals surface area contributed by atoms with E-state index in [1.807, 2.05) is 19.1 Å². The minimum absolute atomic E-state index is 0.563. The summed E-state index contributed by atoms with van der Waals surface area (Å²) in [6, 6.07) is 16.5. The van der Waals surface area contributed by atoms with E-state index in [1.54, 1.807) is 11.8 Å². The van der Waals surface area contributed by atoms with Gasteiger partial charge in [-0.15, -0.1) is 11.6 Å². The molecule has 0 atom stereocenters. The van der Waals surface area contributed by atoms with Crippen molar-refractivity contribution in [3.8, 4) is 5.75 Å². The molecule has 1 nitrogen and oxygen atoms in total. The van der Waals surface area contributed by atoms with Crippen molar-refractivity contribution >= 4 is 23.4 Å². The highest BCUT2D eigenvalue weighted by atomic mass is 35.5. The second-order valence-corrected chi connectivity index (χ2v) is 5.20. The summed E-state index contributed by atoms with van der Waals surface area (Å²) >= 11 is 7.50. The molecule has 0 N–H and O–H groups in total. The second kappa shape index (κ2) is 6.72. The van der Waals surface area contributed by atoms with Gasteiger partial charge in [0.2, 0.25) is 0 Å². The molecule has 3 heteroatoms. The largest absolute Gasteiger partial charge is 0.494 e. The molecule has 0 bridgehead atoms. The highest BCUT2D eigenvalue weighted by Crippen LogP contribution is 2.29. The normalized spacial score (nSPS) is 10.3. The zero-order valence-electron chi connectivity index (χ0n) is 10.2. The van der Waals surface area contributed by atoms with Gasteiger partial charge in [-0.25, -0.2) is 0 Å². The van der Waals surface area contributed by atoms with Crippen LogP contribution >= 0.6 is 23.4 Å². The summed E-state index contributed by atoms with van der Waals surface area (Å²) in [6.45, 7) is 2.69. The highest BCUT2D eigenvalue weighted by Gasteiger charge is 1.99. The first kappa shape index (κ1) is 13.3. The minimum Gasteiger partial charge on any atom is -0.494 e. The van der Waals surface area contributed by atoms with Gasteiger partial charge in [0, 0.05) is 15.7 Å². The minimum atomic E-state index is 0.563. The standard InChI is InChI=1S/C15H15ClOS/c1-2-17-13-5-9-15(10-6-13)18-14-7-3-12(11-16)4-8-14/h3-10H,2,11H2,1H3. The molecular weight excluding hydrogens is 264 g/mol. The van der Waals surface area contributed by atoms with Crippen LogP contribution in [0.1, 0.15) is 12.5 Å². The molecule has 0 aromatic heterocycles. The molecule has 0 amide bonds. The van der Waals surface area contributed by atoms with E-state index in [0.717, 1.165) is 11.3 Å². The van der Waals surface area contributed by atoms with Gasteiger partial charge in [-0.1, -0.05) is 23.9 Å². The van der Waals surface area contributed by atoms with E-state index in [1.165, 1.54) is 9.79 Å². The molecule has 0 aliphatic heterocycles. The molecule has 18 heavy (non-hydrogen) atoms. The second-order valence-electron chi connectivity index (χ2n) is 3.78. The Balaban J connectivity index is 2.03. The van der Waals surface area contributed by atoms with Crippen LogP contribution in [-0.2, 0) is 5.88 Å². The third-order valence-electron chi connectivity index (χ3n) is 2.45. The van der Waals surface area contributed by atoms with E-state index in [2.05, 4.69) is 36.4 Å². The smallest absolute Gasteiger partial charge is 0.119 e. The average Bonchev–Trinajstić information content (AvgIpc) is 2.42. The summed E-state index contributed by atoms with van der Waals surface area (Å²) < 4.78 is 5.42. The first-order chi connectivity index (χ1) is 8.81.